The summed E-state index contributed by atoms with van der Waals surface area (Å²) in [6, 6.07) is 7.60. The van der Waals surface area contributed by atoms with Crippen molar-refractivity contribution < 1.29 is 4.63 Å². The topological polar surface area (TPSA) is 64.7 Å². The third-order valence-electron chi connectivity index (χ3n) is 1.88. The molecule has 2 aromatic heterocycles. The molecule has 5 nitrogen and oxygen atoms in total. The lowest BCUT2D eigenvalue weighted by molar-refractivity contribution is 0.315. The van der Waals surface area contributed by atoms with Crippen LogP contribution in [0.4, 0.5) is 0 Å². The Morgan fingerprint density at radius 3 is 2.92 bits per heavy atom. The SMILES string of the molecule is c1ccc2c(c1)nnc1nonc12. The molecule has 0 atom stereocenters. The van der Waals surface area contributed by atoms with E-state index in [1.807, 2.05) is 24.3 Å². The zero-order chi connectivity index (χ0) is 8.67. The Kier molecular flexibility index (Phi) is 1.11. The molecule has 0 unspecified atom stereocenters. The molecule has 2 heterocycles. The molecular weight excluding hydrogens is 168 g/mol. The molecule has 13 heavy (non-hydrogen) atoms. The van der Waals surface area contributed by atoms with Gasteiger partial charge < -0.3 is 0 Å². The van der Waals surface area contributed by atoms with E-state index in [4.69, 9.17) is 0 Å². The first-order valence-electron chi connectivity index (χ1n) is 3.79. The van der Waals surface area contributed by atoms with Gasteiger partial charge >= 0.3 is 0 Å². The Hall–Kier alpha value is -2.04. The highest BCUT2D eigenvalue weighted by Crippen LogP contribution is 2.17. The van der Waals surface area contributed by atoms with Crippen LogP contribution in [0.2, 0.25) is 0 Å². The lowest BCUT2D eigenvalue weighted by atomic mass is 10.2. The zero-order valence-electron chi connectivity index (χ0n) is 6.51. The number of rotatable bonds is 0. The molecule has 0 aliphatic rings. The first kappa shape index (κ1) is 6.47. The van der Waals surface area contributed by atoms with Crippen molar-refractivity contribution in [2.75, 3.05) is 0 Å². The summed E-state index contributed by atoms with van der Waals surface area (Å²) in [6.45, 7) is 0. The van der Waals surface area contributed by atoms with Crippen LogP contribution in [-0.2, 0) is 0 Å². The highest BCUT2D eigenvalue weighted by molar-refractivity contribution is 5.98. The maximum Gasteiger partial charge on any atom is 0.245 e. The van der Waals surface area contributed by atoms with E-state index in [1.165, 1.54) is 0 Å². The molecule has 62 valence electrons. The van der Waals surface area contributed by atoms with Crippen molar-refractivity contribution in [1.29, 1.82) is 0 Å². The van der Waals surface area contributed by atoms with E-state index in [-0.39, 0.29) is 0 Å². The number of benzene rings is 1. The van der Waals surface area contributed by atoms with E-state index in [0.29, 0.717) is 11.2 Å². The number of aromatic nitrogens is 4. The Morgan fingerprint density at radius 1 is 1.00 bits per heavy atom. The molecule has 0 bridgehead atoms. The highest BCUT2D eigenvalue weighted by atomic mass is 16.6. The molecule has 0 saturated carbocycles. The van der Waals surface area contributed by atoms with Crippen molar-refractivity contribution in [3.8, 4) is 0 Å². The summed E-state index contributed by atoms with van der Waals surface area (Å²) in [4.78, 5) is 0. The summed E-state index contributed by atoms with van der Waals surface area (Å²) in [7, 11) is 0. The van der Waals surface area contributed by atoms with Gasteiger partial charge in [-0.2, -0.15) is 0 Å². The second-order valence-electron chi connectivity index (χ2n) is 2.65. The molecule has 0 radical (unpaired) electrons. The molecule has 5 heteroatoms. The second kappa shape index (κ2) is 2.22. The van der Waals surface area contributed by atoms with Crippen molar-refractivity contribution in [2.45, 2.75) is 0 Å². The van der Waals surface area contributed by atoms with E-state index >= 15 is 0 Å². The van der Waals surface area contributed by atoms with Crippen LogP contribution in [-0.4, -0.2) is 20.5 Å². The fourth-order valence-electron chi connectivity index (χ4n) is 1.28. The van der Waals surface area contributed by atoms with Gasteiger partial charge in [0.15, 0.2) is 5.52 Å². The van der Waals surface area contributed by atoms with Crippen LogP contribution in [0.5, 0.6) is 0 Å². The maximum atomic E-state index is 4.57. The number of hydrogen-bond donors (Lipinski definition) is 0. The average molecular weight is 172 g/mol. The van der Waals surface area contributed by atoms with Gasteiger partial charge in [0.1, 0.15) is 0 Å². The number of hydrogen-bond acceptors (Lipinski definition) is 5. The van der Waals surface area contributed by atoms with E-state index in [0.717, 1.165) is 10.9 Å². The third kappa shape index (κ3) is 0.807. The van der Waals surface area contributed by atoms with Gasteiger partial charge in [0.05, 0.1) is 5.52 Å². The van der Waals surface area contributed by atoms with Crippen molar-refractivity contribution in [1.82, 2.24) is 20.5 Å². The van der Waals surface area contributed by atoms with E-state index in [9.17, 15) is 0 Å². The van der Waals surface area contributed by atoms with Crippen molar-refractivity contribution in [2.24, 2.45) is 0 Å². The average Bonchev–Trinajstić information content (AvgIpc) is 2.65. The van der Waals surface area contributed by atoms with Crippen molar-refractivity contribution in [3.63, 3.8) is 0 Å². The van der Waals surface area contributed by atoms with Gasteiger partial charge in [-0.25, -0.2) is 4.63 Å². The van der Waals surface area contributed by atoms with Crippen LogP contribution in [0.15, 0.2) is 28.9 Å². The monoisotopic (exact) mass is 172 g/mol. The molecule has 0 spiro atoms. The fourth-order valence-corrected chi connectivity index (χ4v) is 1.28. The number of fused-ring (bicyclic) bond motifs is 3. The van der Waals surface area contributed by atoms with Crippen LogP contribution < -0.4 is 0 Å². The van der Waals surface area contributed by atoms with E-state index < -0.39 is 0 Å². The quantitative estimate of drug-likeness (QED) is 0.509. The van der Waals surface area contributed by atoms with Crippen LogP contribution in [0.1, 0.15) is 0 Å². The fraction of sp³-hybridized carbons (Fsp3) is 0. The molecule has 0 N–H and O–H groups in total. The lowest BCUT2D eigenvalue weighted by Gasteiger charge is -1.92. The van der Waals surface area contributed by atoms with Crippen LogP contribution in [0.3, 0.4) is 0 Å². The summed E-state index contributed by atoms with van der Waals surface area (Å²) < 4.78 is 4.57. The molecule has 0 fully saturated rings. The third-order valence-corrected chi connectivity index (χ3v) is 1.88. The standard InChI is InChI=1S/C8H4N4O/c1-2-4-6-5(3-1)7-8(10-9-6)12-13-11-7/h1-4H. The maximum absolute atomic E-state index is 4.57. The summed E-state index contributed by atoms with van der Waals surface area (Å²) >= 11 is 0. The smallest absolute Gasteiger partial charge is 0.242 e. The van der Waals surface area contributed by atoms with Crippen LogP contribution >= 0.6 is 0 Å². The minimum atomic E-state index is 0.443. The summed E-state index contributed by atoms with van der Waals surface area (Å²) in [6.07, 6.45) is 0. The minimum Gasteiger partial charge on any atom is -0.242 e. The number of nitrogens with zero attached hydrogens (tertiary/aromatic N) is 4. The minimum absolute atomic E-state index is 0.443. The molecule has 1 aromatic carbocycles. The molecule has 0 aliphatic heterocycles. The normalized spacial score (nSPS) is 11.1. The Balaban J connectivity index is 2.65. The van der Waals surface area contributed by atoms with Crippen molar-refractivity contribution >= 4 is 22.1 Å². The molecule has 0 aliphatic carbocycles. The van der Waals surface area contributed by atoms with Gasteiger partial charge in [-0.15, -0.1) is 10.2 Å². The van der Waals surface area contributed by atoms with E-state index in [1.54, 1.807) is 0 Å². The van der Waals surface area contributed by atoms with Gasteiger partial charge in [0.25, 0.3) is 0 Å². The molecular formula is C8H4N4O. The lowest BCUT2D eigenvalue weighted by Crippen LogP contribution is -1.85. The van der Waals surface area contributed by atoms with Gasteiger partial charge in [-0.05, 0) is 16.4 Å². The molecule has 0 saturated heterocycles. The predicted molar refractivity (Wildman–Crippen MR) is 44.9 cm³/mol. The second-order valence-corrected chi connectivity index (χ2v) is 2.65. The van der Waals surface area contributed by atoms with Gasteiger partial charge in [0.2, 0.25) is 5.65 Å². The molecule has 3 rings (SSSR count). The Morgan fingerprint density at radius 2 is 1.92 bits per heavy atom. The predicted octanol–water partition coefficient (Wildman–Crippen LogP) is 1.17. The molecule has 3 aromatic rings. The largest absolute Gasteiger partial charge is 0.245 e. The Labute approximate surface area is 72.3 Å². The van der Waals surface area contributed by atoms with Crippen LogP contribution in [0, 0.1) is 0 Å². The van der Waals surface area contributed by atoms with Gasteiger partial charge in [0, 0.05) is 5.39 Å². The highest BCUT2D eigenvalue weighted by Gasteiger charge is 2.06. The van der Waals surface area contributed by atoms with Gasteiger partial charge in [-0.3, -0.25) is 0 Å². The summed E-state index contributed by atoms with van der Waals surface area (Å²) in [5.74, 6) is 0. The first-order chi connectivity index (χ1) is 6.45. The Bertz CT molecular complexity index is 574. The van der Waals surface area contributed by atoms with Crippen molar-refractivity contribution in [3.05, 3.63) is 24.3 Å². The summed E-state index contributed by atoms with van der Waals surface area (Å²) in [5.41, 5.74) is 1.90. The van der Waals surface area contributed by atoms with Gasteiger partial charge in [-0.1, -0.05) is 18.2 Å². The summed E-state index contributed by atoms with van der Waals surface area (Å²) in [5, 5.41) is 16.1. The van der Waals surface area contributed by atoms with Crippen LogP contribution in [0.25, 0.3) is 22.1 Å². The van der Waals surface area contributed by atoms with E-state index in [2.05, 4.69) is 25.1 Å². The first-order valence-corrected chi connectivity index (χ1v) is 3.79. The molecule has 0 amide bonds. The zero-order valence-corrected chi connectivity index (χ0v) is 6.51.